The van der Waals surface area contributed by atoms with E-state index in [-0.39, 0.29) is 19.3 Å². The van der Waals surface area contributed by atoms with Crippen LogP contribution in [0, 0.1) is 0 Å². The van der Waals surface area contributed by atoms with Gasteiger partial charge in [-0.25, -0.2) is 0 Å². The summed E-state index contributed by atoms with van der Waals surface area (Å²) in [5, 5.41) is -0.478. The third kappa shape index (κ3) is 5.41. The lowest BCUT2D eigenvalue weighted by Gasteiger charge is -2.00. The van der Waals surface area contributed by atoms with E-state index in [0.29, 0.717) is 6.42 Å². The summed E-state index contributed by atoms with van der Waals surface area (Å²) in [5.41, 5.74) is 0.819. The van der Waals surface area contributed by atoms with Gasteiger partial charge in [0.05, 0.1) is 0 Å². The molecule has 0 unspecified atom stereocenters. The minimum absolute atomic E-state index is 0.0874. The SMILES string of the molecule is O=C(Cl)CCCC(=O)C(=O)Cc1ccccc1. The average molecular weight is 253 g/mol. The van der Waals surface area contributed by atoms with Crippen molar-refractivity contribution in [3.05, 3.63) is 35.9 Å². The second kappa shape index (κ2) is 6.97. The van der Waals surface area contributed by atoms with Gasteiger partial charge in [0, 0.05) is 19.3 Å². The second-order valence-corrected chi connectivity index (χ2v) is 4.14. The van der Waals surface area contributed by atoms with E-state index in [4.69, 9.17) is 11.6 Å². The van der Waals surface area contributed by atoms with Gasteiger partial charge in [-0.05, 0) is 23.6 Å². The van der Waals surface area contributed by atoms with Gasteiger partial charge in [-0.15, -0.1) is 0 Å². The van der Waals surface area contributed by atoms with Gasteiger partial charge in [-0.1, -0.05) is 30.3 Å². The van der Waals surface area contributed by atoms with Crippen LogP contribution in [0.5, 0.6) is 0 Å². The van der Waals surface area contributed by atoms with Gasteiger partial charge >= 0.3 is 0 Å². The maximum absolute atomic E-state index is 11.5. The van der Waals surface area contributed by atoms with Crippen molar-refractivity contribution in [2.24, 2.45) is 0 Å². The van der Waals surface area contributed by atoms with E-state index in [0.717, 1.165) is 5.56 Å². The lowest BCUT2D eigenvalue weighted by Crippen LogP contribution is -2.16. The molecule has 1 rings (SSSR count). The van der Waals surface area contributed by atoms with Gasteiger partial charge in [-0.3, -0.25) is 14.4 Å². The Balaban J connectivity index is 2.37. The standard InChI is InChI=1S/C13H13ClO3/c14-13(17)8-4-7-11(15)12(16)9-10-5-2-1-3-6-10/h1-3,5-6H,4,7-9H2. The number of rotatable bonds is 7. The summed E-state index contributed by atoms with van der Waals surface area (Å²) in [7, 11) is 0. The van der Waals surface area contributed by atoms with Gasteiger partial charge in [0.1, 0.15) is 0 Å². The van der Waals surface area contributed by atoms with Gasteiger partial charge in [-0.2, -0.15) is 0 Å². The molecule has 0 saturated carbocycles. The summed E-state index contributed by atoms with van der Waals surface area (Å²) in [6.07, 6.45) is 0.673. The van der Waals surface area contributed by atoms with Crippen molar-refractivity contribution in [2.45, 2.75) is 25.7 Å². The highest BCUT2D eigenvalue weighted by Crippen LogP contribution is 2.05. The van der Waals surface area contributed by atoms with Crippen molar-refractivity contribution in [3.63, 3.8) is 0 Å². The van der Waals surface area contributed by atoms with Crippen LogP contribution in [0.25, 0.3) is 0 Å². The molecule has 0 saturated heterocycles. The zero-order chi connectivity index (χ0) is 12.7. The van der Waals surface area contributed by atoms with E-state index in [1.807, 2.05) is 18.2 Å². The predicted octanol–water partition coefficient (Wildman–Crippen LogP) is 2.30. The maximum Gasteiger partial charge on any atom is 0.221 e. The van der Waals surface area contributed by atoms with Crippen LogP contribution in [-0.4, -0.2) is 16.8 Å². The molecule has 0 radical (unpaired) electrons. The Kier molecular flexibility index (Phi) is 5.57. The molecule has 0 fully saturated rings. The Hall–Kier alpha value is -1.48. The van der Waals surface area contributed by atoms with Gasteiger partial charge in [0.2, 0.25) is 11.0 Å². The second-order valence-electron chi connectivity index (χ2n) is 3.72. The van der Waals surface area contributed by atoms with Crippen LogP contribution in [-0.2, 0) is 20.8 Å². The highest BCUT2D eigenvalue weighted by atomic mass is 35.5. The molecule has 0 amide bonds. The topological polar surface area (TPSA) is 51.2 Å². The Morgan fingerprint density at radius 1 is 0.941 bits per heavy atom. The van der Waals surface area contributed by atoms with Crippen molar-refractivity contribution >= 4 is 28.4 Å². The van der Waals surface area contributed by atoms with E-state index >= 15 is 0 Å². The van der Waals surface area contributed by atoms with Crippen molar-refractivity contribution in [2.75, 3.05) is 0 Å². The zero-order valence-electron chi connectivity index (χ0n) is 9.32. The van der Waals surface area contributed by atoms with Crippen LogP contribution in [0.3, 0.4) is 0 Å². The first-order chi connectivity index (χ1) is 8.09. The monoisotopic (exact) mass is 252 g/mol. The first-order valence-corrected chi connectivity index (χ1v) is 5.75. The summed E-state index contributed by atoms with van der Waals surface area (Å²) < 4.78 is 0. The minimum Gasteiger partial charge on any atom is -0.291 e. The molecule has 0 spiro atoms. The van der Waals surface area contributed by atoms with E-state index < -0.39 is 16.8 Å². The summed E-state index contributed by atoms with van der Waals surface area (Å²) in [4.78, 5) is 33.4. The maximum atomic E-state index is 11.5. The van der Waals surface area contributed by atoms with Crippen LogP contribution in [0.4, 0.5) is 0 Å². The summed E-state index contributed by atoms with van der Waals surface area (Å²) in [6, 6.07) is 9.08. The molecule has 0 atom stereocenters. The molecule has 90 valence electrons. The number of carbonyl (C=O) groups is 3. The summed E-state index contributed by atoms with van der Waals surface area (Å²) in [5.74, 6) is -0.856. The Morgan fingerprint density at radius 3 is 2.18 bits per heavy atom. The molecular formula is C13H13ClO3. The highest BCUT2D eigenvalue weighted by Gasteiger charge is 2.14. The van der Waals surface area contributed by atoms with Gasteiger partial charge in [0.25, 0.3) is 0 Å². The summed E-state index contributed by atoms with van der Waals surface area (Å²) >= 11 is 5.14. The van der Waals surface area contributed by atoms with E-state index in [1.165, 1.54) is 0 Å². The van der Waals surface area contributed by atoms with Crippen molar-refractivity contribution < 1.29 is 14.4 Å². The highest BCUT2D eigenvalue weighted by molar-refractivity contribution is 6.63. The van der Waals surface area contributed by atoms with E-state index in [2.05, 4.69) is 0 Å². The van der Waals surface area contributed by atoms with Crippen molar-refractivity contribution in [1.29, 1.82) is 0 Å². The molecule has 0 aliphatic heterocycles. The third-order valence-electron chi connectivity index (χ3n) is 2.30. The van der Waals surface area contributed by atoms with Crippen molar-refractivity contribution in [3.8, 4) is 0 Å². The first-order valence-electron chi connectivity index (χ1n) is 5.38. The average Bonchev–Trinajstić information content (AvgIpc) is 2.29. The molecule has 0 aromatic heterocycles. The zero-order valence-corrected chi connectivity index (χ0v) is 10.1. The lowest BCUT2D eigenvalue weighted by atomic mass is 10.0. The number of hydrogen-bond donors (Lipinski definition) is 0. The normalized spacial score (nSPS) is 9.94. The molecule has 1 aromatic carbocycles. The molecule has 0 heterocycles. The smallest absolute Gasteiger partial charge is 0.221 e. The molecular weight excluding hydrogens is 240 g/mol. The number of halogens is 1. The van der Waals surface area contributed by atoms with Crippen LogP contribution >= 0.6 is 11.6 Å². The number of hydrogen-bond acceptors (Lipinski definition) is 3. The minimum atomic E-state index is -0.478. The Morgan fingerprint density at radius 2 is 1.59 bits per heavy atom. The number of benzene rings is 1. The molecule has 17 heavy (non-hydrogen) atoms. The Bertz CT molecular complexity index is 412. The first kappa shape index (κ1) is 13.6. The number of ketones is 2. The van der Waals surface area contributed by atoms with Crippen LogP contribution in [0.1, 0.15) is 24.8 Å². The summed E-state index contributed by atoms with van der Waals surface area (Å²) in [6.45, 7) is 0. The molecule has 0 N–H and O–H groups in total. The lowest BCUT2D eigenvalue weighted by molar-refractivity contribution is -0.136. The predicted molar refractivity (Wildman–Crippen MR) is 64.9 cm³/mol. The molecule has 0 bridgehead atoms. The van der Waals surface area contributed by atoms with E-state index in [9.17, 15) is 14.4 Å². The van der Waals surface area contributed by atoms with Crippen LogP contribution in [0.2, 0.25) is 0 Å². The largest absolute Gasteiger partial charge is 0.291 e. The number of Topliss-reactive ketones (excluding diaryl/α,β-unsaturated/α-hetero) is 2. The quantitative estimate of drug-likeness (QED) is 0.553. The van der Waals surface area contributed by atoms with Gasteiger partial charge < -0.3 is 0 Å². The Labute approximate surface area is 105 Å². The molecule has 4 heteroatoms. The van der Waals surface area contributed by atoms with Crippen LogP contribution < -0.4 is 0 Å². The fraction of sp³-hybridized carbons (Fsp3) is 0.308. The fourth-order valence-corrected chi connectivity index (χ4v) is 1.54. The third-order valence-corrected chi connectivity index (χ3v) is 2.48. The van der Waals surface area contributed by atoms with Gasteiger partial charge in [0.15, 0.2) is 5.78 Å². The molecule has 3 nitrogen and oxygen atoms in total. The molecule has 0 aliphatic rings. The van der Waals surface area contributed by atoms with Crippen LogP contribution in [0.15, 0.2) is 30.3 Å². The number of carbonyl (C=O) groups excluding carboxylic acids is 3. The fourth-order valence-electron chi connectivity index (χ4n) is 1.41. The molecule has 1 aromatic rings. The van der Waals surface area contributed by atoms with Crippen molar-refractivity contribution in [1.82, 2.24) is 0 Å². The molecule has 0 aliphatic carbocycles. The van der Waals surface area contributed by atoms with E-state index in [1.54, 1.807) is 12.1 Å².